The van der Waals surface area contributed by atoms with Crippen LogP contribution in [-0.4, -0.2) is 108 Å². The highest BCUT2D eigenvalue weighted by molar-refractivity contribution is 5.95. The third-order valence-electron chi connectivity index (χ3n) is 8.92. The number of cyclic esters (lactones) is 1. The summed E-state index contributed by atoms with van der Waals surface area (Å²) in [5.74, 6) is -2.59. The van der Waals surface area contributed by atoms with Crippen molar-refractivity contribution < 1.29 is 37.8 Å². The molecule has 0 aliphatic carbocycles. The van der Waals surface area contributed by atoms with Crippen molar-refractivity contribution in [3.8, 4) is 11.5 Å². The number of hydrogen-bond donors (Lipinski definition) is 3. The molecule has 2 aliphatic rings. The summed E-state index contributed by atoms with van der Waals surface area (Å²) in [6.07, 6.45) is 10.6. The Morgan fingerprint density at radius 2 is 1.96 bits per heavy atom. The Balaban J connectivity index is 1.32. The molecule has 3 aromatic heterocycles. The van der Waals surface area contributed by atoms with Gasteiger partial charge in [-0.25, -0.2) is 24.1 Å². The molecule has 3 aromatic rings. The highest BCUT2D eigenvalue weighted by Gasteiger charge is 2.39. The van der Waals surface area contributed by atoms with Gasteiger partial charge in [0.2, 0.25) is 11.8 Å². The first-order valence-corrected chi connectivity index (χ1v) is 18.0. The lowest BCUT2D eigenvalue weighted by Crippen LogP contribution is -2.44. The number of aliphatic hydroxyl groups excluding tert-OH is 1. The minimum atomic E-state index is -1.50. The maximum absolute atomic E-state index is 14.8. The van der Waals surface area contributed by atoms with Gasteiger partial charge in [0.25, 0.3) is 5.91 Å². The Bertz CT molecular complexity index is 1840. The summed E-state index contributed by atoms with van der Waals surface area (Å²) in [6, 6.07) is 0.767. The fraction of sp³-hybridized carbons (Fsp3) is 0.486. The van der Waals surface area contributed by atoms with Crippen molar-refractivity contribution in [1.82, 2.24) is 45.5 Å². The first kappa shape index (κ1) is 39.6. The molecule has 288 valence electrons. The molecule has 5 heterocycles. The van der Waals surface area contributed by atoms with E-state index in [0.29, 0.717) is 36.5 Å². The largest absolute Gasteiger partial charge is 0.460 e. The molecule has 17 heteroatoms. The normalized spacial score (nSPS) is 24.0. The zero-order chi connectivity index (χ0) is 38.6. The number of nitrogens with zero attached hydrogens (tertiary/aromatic N) is 7. The molecular formula is C37H46FN9O7. The Morgan fingerprint density at radius 1 is 1.17 bits per heavy atom. The van der Waals surface area contributed by atoms with Gasteiger partial charge in [0.1, 0.15) is 30.3 Å². The highest BCUT2D eigenvalue weighted by Crippen LogP contribution is 2.27. The van der Waals surface area contributed by atoms with E-state index in [4.69, 9.17) is 9.15 Å². The van der Waals surface area contributed by atoms with Gasteiger partial charge in [0.15, 0.2) is 17.4 Å². The van der Waals surface area contributed by atoms with Crippen molar-refractivity contribution in [2.24, 2.45) is 11.8 Å². The average Bonchev–Trinajstić information content (AvgIpc) is 3.92. The lowest BCUT2D eigenvalue weighted by atomic mass is 9.89. The lowest BCUT2D eigenvalue weighted by Gasteiger charge is -2.30. The first-order valence-electron chi connectivity index (χ1n) is 18.0. The molecule has 1 saturated heterocycles. The van der Waals surface area contributed by atoms with Crippen molar-refractivity contribution in [2.45, 2.75) is 83.8 Å². The van der Waals surface area contributed by atoms with Crippen LogP contribution >= 0.6 is 0 Å². The van der Waals surface area contributed by atoms with E-state index in [1.807, 2.05) is 13.8 Å². The summed E-state index contributed by atoms with van der Waals surface area (Å²) in [7, 11) is 0. The molecule has 0 saturated carbocycles. The molecule has 0 aromatic carbocycles. The van der Waals surface area contributed by atoms with E-state index < -0.39 is 48.1 Å². The predicted molar refractivity (Wildman–Crippen MR) is 192 cm³/mol. The Hall–Kier alpha value is -5.58. The van der Waals surface area contributed by atoms with E-state index in [-0.39, 0.29) is 62.3 Å². The van der Waals surface area contributed by atoms with E-state index in [1.165, 1.54) is 17.1 Å². The van der Waals surface area contributed by atoms with E-state index in [0.717, 1.165) is 6.26 Å². The van der Waals surface area contributed by atoms with Crippen molar-refractivity contribution in [3.63, 3.8) is 0 Å². The summed E-state index contributed by atoms with van der Waals surface area (Å²) in [5, 5.41) is 24.2. The zero-order valence-electron chi connectivity index (χ0n) is 30.5. The molecule has 0 unspecified atom stereocenters. The molecule has 0 radical (unpaired) electrons. The van der Waals surface area contributed by atoms with Crippen LogP contribution in [0.5, 0.6) is 0 Å². The third-order valence-corrected chi connectivity index (χ3v) is 8.92. The van der Waals surface area contributed by atoms with E-state index >= 15 is 0 Å². The van der Waals surface area contributed by atoms with Gasteiger partial charge in [0, 0.05) is 50.8 Å². The van der Waals surface area contributed by atoms with Crippen molar-refractivity contribution in [2.75, 3.05) is 19.6 Å². The summed E-state index contributed by atoms with van der Waals surface area (Å²) in [5.41, 5.74) is 1.07. The van der Waals surface area contributed by atoms with E-state index in [1.54, 1.807) is 54.5 Å². The number of allylic oxidation sites excluding steroid dienone is 2. The number of esters is 1. The molecule has 16 nitrogen and oxygen atoms in total. The number of aromatic nitrogens is 6. The maximum Gasteiger partial charge on any atom is 0.329 e. The molecule has 3 amide bonds. The van der Waals surface area contributed by atoms with Crippen LogP contribution in [0.25, 0.3) is 11.5 Å². The monoisotopic (exact) mass is 747 g/mol. The second-order valence-electron chi connectivity index (χ2n) is 13.6. The third kappa shape index (κ3) is 11.2. The first-order chi connectivity index (χ1) is 26.0. The number of hydrogen-bond acceptors (Lipinski definition) is 12. The number of fused-ring (bicyclic) bond motifs is 3. The standard InChI is InChI=1S/C37H46FN9O7/c1-23(2)34-25(18-32(50)40-14-16-46-21-28(44-45-46)35-41-12-6-13-42-35)9-10-31(49)39-11-4-7-24(3)17-27(48)19-26(38)20-33-43-29(22-53-33)36(51)47-15-5-8-30(47)37(52)54-34/h4,6-7,9-10,12-13,17,21-23,25-27,30,34,48H,5,8,11,14-16,18-20H2,1-3H3,(H,39,49)(H,40,50)/b7-4?,10-9+,24-17?/t25-,26+,27+,30+,34+/m0/s1. The van der Waals surface area contributed by atoms with Gasteiger partial charge in [-0.05, 0) is 37.8 Å². The van der Waals surface area contributed by atoms with Crippen LogP contribution in [0.1, 0.15) is 62.8 Å². The van der Waals surface area contributed by atoms with Crippen LogP contribution in [0, 0.1) is 11.8 Å². The predicted octanol–water partition coefficient (Wildman–Crippen LogP) is 2.54. The quantitative estimate of drug-likeness (QED) is 0.298. The topological polar surface area (TPSA) is 208 Å². The van der Waals surface area contributed by atoms with E-state index in [2.05, 4.69) is 35.9 Å². The molecule has 0 spiro atoms. The van der Waals surface area contributed by atoms with Crippen LogP contribution in [-0.2, 0) is 32.1 Å². The second-order valence-corrected chi connectivity index (χ2v) is 13.6. The van der Waals surface area contributed by atoms with Crippen LogP contribution in [0.3, 0.4) is 0 Å². The van der Waals surface area contributed by atoms with Gasteiger partial charge < -0.3 is 29.8 Å². The van der Waals surface area contributed by atoms with Crippen LogP contribution in [0.4, 0.5) is 4.39 Å². The van der Waals surface area contributed by atoms with Crippen molar-refractivity contribution in [1.29, 1.82) is 0 Å². The molecule has 2 bridgehead atoms. The van der Waals surface area contributed by atoms with Gasteiger partial charge in [-0.1, -0.05) is 48.9 Å². The van der Waals surface area contributed by atoms with Gasteiger partial charge in [-0.15, -0.1) is 5.10 Å². The Labute approximate surface area is 312 Å². The lowest BCUT2D eigenvalue weighted by molar-refractivity contribution is -0.159. The molecule has 1 fully saturated rings. The summed E-state index contributed by atoms with van der Waals surface area (Å²) < 4.78 is 27.9. The van der Waals surface area contributed by atoms with E-state index in [9.17, 15) is 28.7 Å². The Morgan fingerprint density at radius 3 is 2.74 bits per heavy atom. The highest BCUT2D eigenvalue weighted by atomic mass is 19.1. The molecule has 3 N–H and O–H groups in total. The smallest absolute Gasteiger partial charge is 0.329 e. The van der Waals surface area contributed by atoms with Crippen molar-refractivity contribution >= 4 is 23.7 Å². The number of carbonyl (C=O) groups excluding carboxylic acids is 4. The minimum Gasteiger partial charge on any atom is -0.460 e. The van der Waals surface area contributed by atoms with Gasteiger partial charge >= 0.3 is 5.97 Å². The minimum absolute atomic E-state index is 0.00768. The second kappa shape index (κ2) is 19.0. The average molecular weight is 748 g/mol. The number of carbonyl (C=O) groups is 4. The fourth-order valence-electron chi connectivity index (χ4n) is 6.30. The van der Waals surface area contributed by atoms with Crippen molar-refractivity contribution in [3.05, 3.63) is 78.5 Å². The molecule has 5 atom stereocenters. The Kier molecular flexibility index (Phi) is 13.9. The number of oxazole rings is 1. The number of aliphatic hydroxyl groups is 1. The van der Waals surface area contributed by atoms with Crippen LogP contribution in [0.15, 0.2) is 71.3 Å². The van der Waals surface area contributed by atoms with Gasteiger partial charge in [-0.3, -0.25) is 19.1 Å². The number of halogens is 1. The molecule has 2 aliphatic heterocycles. The zero-order valence-corrected chi connectivity index (χ0v) is 30.5. The number of amides is 3. The maximum atomic E-state index is 14.8. The summed E-state index contributed by atoms with van der Waals surface area (Å²) >= 11 is 0. The number of alkyl halides is 1. The number of rotatable bonds is 7. The van der Waals surface area contributed by atoms with Gasteiger partial charge in [0.05, 0.1) is 25.3 Å². The summed E-state index contributed by atoms with van der Waals surface area (Å²) in [4.78, 5) is 67.3. The van der Waals surface area contributed by atoms with Gasteiger partial charge in [-0.2, -0.15) is 0 Å². The van der Waals surface area contributed by atoms with Crippen LogP contribution in [0.2, 0.25) is 0 Å². The fourth-order valence-corrected chi connectivity index (χ4v) is 6.30. The molecule has 5 rings (SSSR count). The SMILES string of the molecule is CC1=C[C@@H](O)C[C@@H](F)Cc2nc(co2)C(=O)N2CCC[C@@H]2C(=O)O[C@H](C(C)C)[C@H](CC(=O)NCCn2cc(-c3ncccn3)nn2)/C=C/C(=O)NCC=C1. The number of ether oxygens (including phenoxy) is 1. The number of nitrogens with one attached hydrogen (secondary N) is 2. The molecular weight excluding hydrogens is 701 g/mol. The summed E-state index contributed by atoms with van der Waals surface area (Å²) in [6.45, 7) is 6.36. The van der Waals surface area contributed by atoms with Crippen LogP contribution < -0.4 is 10.6 Å². The molecule has 54 heavy (non-hydrogen) atoms.